The van der Waals surface area contributed by atoms with E-state index in [2.05, 4.69) is 10.3 Å². The van der Waals surface area contributed by atoms with Gasteiger partial charge in [-0.15, -0.1) is 0 Å². The van der Waals surface area contributed by atoms with Crippen molar-refractivity contribution in [1.82, 2.24) is 19.8 Å². The van der Waals surface area contributed by atoms with Gasteiger partial charge in [-0.05, 0) is 102 Å². The Kier molecular flexibility index (Phi) is 13.6. The maximum absolute atomic E-state index is 13.0. The number of aromatic amines is 1. The summed E-state index contributed by atoms with van der Waals surface area (Å²) in [4.78, 5) is 73.8. The first-order chi connectivity index (χ1) is 29.0. The van der Waals surface area contributed by atoms with Crippen molar-refractivity contribution in [2.45, 2.75) is 84.3 Å². The third-order valence-electron chi connectivity index (χ3n) is 10.5. The van der Waals surface area contributed by atoms with E-state index in [1.54, 1.807) is 21.9 Å². The van der Waals surface area contributed by atoms with Gasteiger partial charge in [0.1, 0.15) is 17.0 Å². The predicted octanol–water partition coefficient (Wildman–Crippen LogP) is 8.74. The molecule has 0 radical (unpaired) electrons. The second-order valence-corrected chi connectivity index (χ2v) is 17.4. The Balaban J connectivity index is 0.000000204. The number of likely N-dealkylation sites (tertiary alicyclic amines) is 2. The van der Waals surface area contributed by atoms with Crippen LogP contribution in [0.25, 0.3) is 33.2 Å². The zero-order valence-corrected chi connectivity index (χ0v) is 35.8. The van der Waals surface area contributed by atoms with Gasteiger partial charge in [-0.25, -0.2) is 14.6 Å². The minimum atomic E-state index is -0.602. The third kappa shape index (κ3) is 11.4. The van der Waals surface area contributed by atoms with Crippen LogP contribution in [0.3, 0.4) is 0 Å². The summed E-state index contributed by atoms with van der Waals surface area (Å²) < 4.78 is 10.9. The molecular weight excluding hydrogens is 773 g/mol. The number of nitrogens with one attached hydrogen (secondary N) is 2. The number of piperidine rings is 2. The normalized spacial score (nSPS) is 15.0. The van der Waals surface area contributed by atoms with E-state index in [1.807, 2.05) is 126 Å². The average molecular weight is 829 g/mol. The summed E-state index contributed by atoms with van der Waals surface area (Å²) in [5, 5.41) is 3.49. The van der Waals surface area contributed by atoms with Crippen LogP contribution in [0, 0.1) is 5.92 Å². The zero-order valence-electron chi connectivity index (χ0n) is 35.8. The number of carbonyl (C=O) groups is 4. The lowest BCUT2D eigenvalue weighted by molar-refractivity contribution is -0.121. The number of primary amides is 1. The van der Waals surface area contributed by atoms with Crippen molar-refractivity contribution in [3.63, 3.8) is 0 Å². The maximum Gasteiger partial charge on any atom is 0.410 e. The lowest BCUT2D eigenvalue weighted by Gasteiger charge is -2.33. The maximum atomic E-state index is 13.0. The molecule has 13 nitrogen and oxygen atoms in total. The van der Waals surface area contributed by atoms with Crippen LogP contribution in [0.4, 0.5) is 15.3 Å². The number of aromatic nitrogens is 2. The van der Waals surface area contributed by atoms with Gasteiger partial charge in [0.2, 0.25) is 5.91 Å². The van der Waals surface area contributed by atoms with E-state index < -0.39 is 17.1 Å². The van der Waals surface area contributed by atoms with E-state index in [1.165, 1.54) is 0 Å². The van der Waals surface area contributed by atoms with Gasteiger partial charge in [0.25, 0.3) is 11.5 Å². The number of hydrogen-bond donors (Lipinski definition) is 3. The number of H-pyrrole nitrogens is 1. The molecule has 0 saturated carbocycles. The number of hydrogen-bond acceptors (Lipinski definition) is 8. The first-order valence-electron chi connectivity index (χ1n) is 20.8. The predicted molar refractivity (Wildman–Crippen MR) is 237 cm³/mol. The molecule has 1 aromatic heterocycles. The Morgan fingerprint density at radius 1 is 0.672 bits per heavy atom. The number of fused-ring (bicyclic) bond motifs is 1. The highest BCUT2D eigenvalue weighted by Crippen LogP contribution is 2.32. The Hall–Kier alpha value is -6.50. The quantitative estimate of drug-likeness (QED) is 0.152. The van der Waals surface area contributed by atoms with Gasteiger partial charge in [-0.3, -0.25) is 14.4 Å². The van der Waals surface area contributed by atoms with Gasteiger partial charge >= 0.3 is 12.2 Å². The molecule has 13 heteroatoms. The second-order valence-electron chi connectivity index (χ2n) is 17.4. The van der Waals surface area contributed by atoms with Crippen molar-refractivity contribution in [2.75, 3.05) is 31.5 Å². The minimum Gasteiger partial charge on any atom is -0.444 e. The molecule has 4 N–H and O–H groups in total. The number of ether oxygens (including phenoxy) is 2. The number of benzene rings is 4. The third-order valence-corrected chi connectivity index (χ3v) is 10.5. The molecule has 2 saturated heterocycles. The summed E-state index contributed by atoms with van der Waals surface area (Å²) in [5.74, 6) is -0.242. The molecule has 2 fully saturated rings. The first-order valence-corrected chi connectivity index (χ1v) is 20.8. The standard InChI is InChI=1S/C24H29N3O4.C24H27N3O3/c1-24(2,3)31-23(30)27-14-12-17(13-15-27)22(29)26-19-11-7-10-18(20(19)21(25)28)16-8-5-4-6-9-16;1-24(2,3)30-23(29)27-14-12-17(13-15-27)21-25-19-11-7-10-18(20(19)22(28)26-21)16-8-5-4-6-9-16/h4-11,17H,12-15H2,1-3H3,(H2,25,28)(H,26,29);4-11,17H,12-15H2,1-3H3,(H,25,26,28). The molecule has 4 amide bonds. The fraction of sp³-hybridized carbons (Fsp3) is 0.375. The van der Waals surface area contributed by atoms with Crippen LogP contribution >= 0.6 is 0 Å². The van der Waals surface area contributed by atoms with Crippen molar-refractivity contribution in [1.29, 1.82) is 0 Å². The molecule has 5 aromatic rings. The number of amides is 4. The Morgan fingerprint density at radius 3 is 1.69 bits per heavy atom. The van der Waals surface area contributed by atoms with Crippen LogP contribution < -0.4 is 16.6 Å². The Labute approximate surface area is 356 Å². The molecule has 0 unspecified atom stereocenters. The Morgan fingerprint density at radius 2 is 1.16 bits per heavy atom. The lowest BCUT2D eigenvalue weighted by Crippen LogP contribution is -2.43. The van der Waals surface area contributed by atoms with E-state index >= 15 is 0 Å². The number of anilines is 1. The smallest absolute Gasteiger partial charge is 0.410 e. The van der Waals surface area contributed by atoms with Gasteiger partial charge in [0, 0.05) is 38.0 Å². The number of nitrogens with two attached hydrogens (primary N) is 1. The summed E-state index contributed by atoms with van der Waals surface area (Å²) in [6.45, 7) is 13.1. The number of rotatable bonds is 6. The van der Waals surface area contributed by atoms with Crippen LogP contribution in [0.15, 0.2) is 102 Å². The molecule has 2 aliphatic heterocycles. The number of carbonyl (C=O) groups excluding carboxylic acids is 4. The van der Waals surface area contributed by atoms with Crippen LogP contribution in [0.2, 0.25) is 0 Å². The summed E-state index contributed by atoms with van der Waals surface area (Å²) in [6, 6.07) is 30.3. The van der Waals surface area contributed by atoms with Gasteiger partial charge in [-0.1, -0.05) is 84.9 Å². The van der Waals surface area contributed by atoms with E-state index in [9.17, 15) is 24.0 Å². The molecule has 2 aliphatic rings. The van der Waals surface area contributed by atoms with Gasteiger partial charge in [-0.2, -0.15) is 0 Å². The molecule has 0 spiro atoms. The van der Waals surface area contributed by atoms with E-state index in [4.69, 9.17) is 20.2 Å². The molecule has 320 valence electrons. The fourth-order valence-corrected chi connectivity index (χ4v) is 7.59. The van der Waals surface area contributed by atoms with E-state index in [0.29, 0.717) is 67.0 Å². The molecule has 61 heavy (non-hydrogen) atoms. The van der Waals surface area contributed by atoms with Gasteiger partial charge in [0.15, 0.2) is 0 Å². The SMILES string of the molecule is CC(C)(C)OC(=O)N1CCC(C(=O)Nc2cccc(-c3ccccc3)c2C(N)=O)CC1.CC(C)(C)OC(=O)N1CCC(c2nc3cccc(-c4ccccc4)c3c(=O)[nH]2)CC1. The van der Waals surface area contributed by atoms with Crippen LogP contribution in [0.5, 0.6) is 0 Å². The van der Waals surface area contributed by atoms with Crippen LogP contribution in [-0.2, 0) is 14.3 Å². The summed E-state index contributed by atoms with van der Waals surface area (Å²) >= 11 is 0. The minimum absolute atomic E-state index is 0.112. The van der Waals surface area contributed by atoms with Crippen molar-refractivity contribution in [3.05, 3.63) is 119 Å². The molecule has 0 atom stereocenters. The van der Waals surface area contributed by atoms with Crippen LogP contribution in [-0.4, -0.2) is 81.1 Å². The van der Waals surface area contributed by atoms with Gasteiger partial charge in [0.05, 0.1) is 22.2 Å². The van der Waals surface area contributed by atoms with Crippen molar-refractivity contribution >= 4 is 40.6 Å². The molecule has 4 aromatic carbocycles. The van der Waals surface area contributed by atoms with Crippen molar-refractivity contribution in [2.24, 2.45) is 11.7 Å². The Bertz CT molecular complexity index is 2410. The first kappa shape index (κ1) is 44.1. The van der Waals surface area contributed by atoms with E-state index in [0.717, 1.165) is 29.5 Å². The van der Waals surface area contributed by atoms with Crippen LogP contribution in [0.1, 0.15) is 89.3 Å². The summed E-state index contributed by atoms with van der Waals surface area (Å²) in [5.41, 5.74) is 9.25. The van der Waals surface area contributed by atoms with E-state index in [-0.39, 0.29) is 41.1 Å². The van der Waals surface area contributed by atoms with Gasteiger partial charge < -0.3 is 35.3 Å². The molecule has 7 rings (SSSR count). The lowest BCUT2D eigenvalue weighted by atomic mass is 9.94. The highest BCUT2D eigenvalue weighted by atomic mass is 16.6. The monoisotopic (exact) mass is 828 g/mol. The topological polar surface area (TPSA) is 177 Å². The summed E-state index contributed by atoms with van der Waals surface area (Å²) in [7, 11) is 0. The molecular formula is C48H56N6O7. The molecule has 3 heterocycles. The highest BCUT2D eigenvalue weighted by molar-refractivity contribution is 6.08. The summed E-state index contributed by atoms with van der Waals surface area (Å²) in [6.07, 6.45) is 1.88. The highest BCUT2D eigenvalue weighted by Gasteiger charge is 2.31. The molecule has 0 aliphatic carbocycles. The molecule has 0 bridgehead atoms. The largest absolute Gasteiger partial charge is 0.444 e. The van der Waals surface area contributed by atoms with Crippen molar-refractivity contribution in [3.8, 4) is 22.3 Å². The fourth-order valence-electron chi connectivity index (χ4n) is 7.59. The zero-order chi connectivity index (χ0) is 43.9. The average Bonchev–Trinajstić information content (AvgIpc) is 3.23. The number of nitrogens with zero attached hydrogens (tertiary/aromatic N) is 3. The second kappa shape index (κ2) is 18.8. The van der Waals surface area contributed by atoms with Crippen molar-refractivity contribution < 1.29 is 28.7 Å².